The van der Waals surface area contributed by atoms with E-state index in [1.165, 1.54) is 35.6 Å². The summed E-state index contributed by atoms with van der Waals surface area (Å²) in [5, 5.41) is 3.06. The molecule has 3 heterocycles. The van der Waals surface area contributed by atoms with Crippen LogP contribution >= 0.6 is 0 Å². The van der Waals surface area contributed by atoms with Crippen LogP contribution in [-0.2, 0) is 21.2 Å². The number of halogens is 1. The van der Waals surface area contributed by atoms with E-state index in [0.29, 0.717) is 42.4 Å². The van der Waals surface area contributed by atoms with Crippen LogP contribution in [0.15, 0.2) is 34.7 Å². The highest BCUT2D eigenvalue weighted by Crippen LogP contribution is 2.36. The van der Waals surface area contributed by atoms with Gasteiger partial charge in [-0.3, -0.25) is 9.10 Å². The number of hydrogen-bond donors (Lipinski definition) is 1. The molecule has 0 radical (unpaired) electrons. The lowest BCUT2D eigenvalue weighted by molar-refractivity contribution is 0.0182. The first-order valence-corrected chi connectivity index (χ1v) is 16.0. The molecule has 1 aromatic carbocycles. The number of nitrogens with one attached hydrogen (secondary N) is 1. The Labute approximate surface area is 246 Å². The molecule has 2 amide bonds. The Morgan fingerprint density at radius 2 is 1.83 bits per heavy atom. The Kier molecular flexibility index (Phi) is 9.15. The molecule has 0 aliphatic carbocycles. The van der Waals surface area contributed by atoms with Gasteiger partial charge in [0.2, 0.25) is 15.7 Å². The minimum atomic E-state index is -3.72. The zero-order valence-corrected chi connectivity index (χ0v) is 25.8. The first kappa shape index (κ1) is 31.3. The third-order valence-corrected chi connectivity index (χ3v) is 8.48. The molecular weight excluding hydrogens is 563 g/mol. The Morgan fingerprint density at radius 3 is 2.38 bits per heavy atom. The van der Waals surface area contributed by atoms with E-state index in [1.54, 1.807) is 11.0 Å². The highest BCUT2D eigenvalue weighted by atomic mass is 32.2. The van der Waals surface area contributed by atoms with Gasteiger partial charge in [-0.15, -0.1) is 0 Å². The maximum absolute atomic E-state index is 13.6. The molecule has 1 saturated heterocycles. The lowest BCUT2D eigenvalue weighted by Crippen LogP contribution is -2.42. The van der Waals surface area contributed by atoms with Crippen molar-refractivity contribution in [2.45, 2.75) is 59.0 Å². The second-order valence-electron chi connectivity index (χ2n) is 11.6. The summed E-state index contributed by atoms with van der Waals surface area (Å²) in [5.74, 6) is -0.137. The van der Waals surface area contributed by atoms with Gasteiger partial charge in [-0.25, -0.2) is 17.6 Å². The van der Waals surface area contributed by atoms with Crippen LogP contribution in [-0.4, -0.2) is 68.8 Å². The number of amides is 2. The Bertz CT molecular complexity index is 1560. The number of rotatable bonds is 8. The van der Waals surface area contributed by atoms with Crippen molar-refractivity contribution >= 4 is 38.9 Å². The number of sulfonamides is 1. The summed E-state index contributed by atoms with van der Waals surface area (Å²) in [5.41, 5.74) is 0.925. The average molecular weight is 603 g/mol. The van der Waals surface area contributed by atoms with Crippen molar-refractivity contribution in [3.63, 3.8) is 0 Å². The summed E-state index contributed by atoms with van der Waals surface area (Å²) >= 11 is 0. The number of likely N-dealkylation sites (tertiary alicyclic amines) is 1. The Balaban J connectivity index is 1.62. The SMILES string of the molecule is CCc1cc2c(C(=O)NC)c(-c3ccc(F)cc3)oc2nc1N(CCC1CCN(C(=O)OC(C)(C)C)CC1)S(C)(=O)=O. The van der Waals surface area contributed by atoms with E-state index >= 15 is 0 Å². The number of carbonyl (C=O) groups excluding carboxylic acids is 2. The Hall–Kier alpha value is -3.67. The van der Waals surface area contributed by atoms with Gasteiger partial charge in [-0.05, 0) is 88.3 Å². The van der Waals surface area contributed by atoms with Crippen molar-refractivity contribution in [3.8, 4) is 11.3 Å². The van der Waals surface area contributed by atoms with Gasteiger partial charge in [-0.1, -0.05) is 6.92 Å². The lowest BCUT2D eigenvalue weighted by Gasteiger charge is -2.34. The number of benzene rings is 1. The first-order chi connectivity index (χ1) is 19.7. The van der Waals surface area contributed by atoms with Gasteiger partial charge in [0, 0.05) is 32.2 Å². The molecule has 3 aromatic rings. The molecule has 1 N–H and O–H groups in total. The van der Waals surface area contributed by atoms with Crippen LogP contribution in [0.25, 0.3) is 22.4 Å². The predicted molar refractivity (Wildman–Crippen MR) is 160 cm³/mol. The minimum Gasteiger partial charge on any atom is -0.444 e. The number of aromatic nitrogens is 1. The second-order valence-corrected chi connectivity index (χ2v) is 13.5. The van der Waals surface area contributed by atoms with E-state index < -0.39 is 27.3 Å². The fourth-order valence-electron chi connectivity index (χ4n) is 5.15. The highest BCUT2D eigenvalue weighted by Gasteiger charge is 2.30. The van der Waals surface area contributed by atoms with Crippen LogP contribution in [0, 0.1) is 11.7 Å². The van der Waals surface area contributed by atoms with Crippen LogP contribution in [0.4, 0.5) is 15.0 Å². The molecule has 0 unspecified atom stereocenters. The molecular formula is C30H39FN4O6S. The topological polar surface area (TPSA) is 122 Å². The summed E-state index contributed by atoms with van der Waals surface area (Å²) in [6.07, 6.45) is 3.32. The number of carbonyl (C=O) groups is 2. The van der Waals surface area contributed by atoms with Crippen LogP contribution < -0.4 is 9.62 Å². The fourth-order valence-corrected chi connectivity index (χ4v) is 6.06. The van der Waals surface area contributed by atoms with E-state index in [0.717, 1.165) is 19.1 Å². The molecule has 1 aliphatic heterocycles. The number of ether oxygens (including phenoxy) is 1. The summed E-state index contributed by atoms with van der Waals surface area (Å²) in [6.45, 7) is 8.68. The Morgan fingerprint density at radius 1 is 1.19 bits per heavy atom. The number of hydrogen-bond acceptors (Lipinski definition) is 7. The van der Waals surface area contributed by atoms with E-state index in [-0.39, 0.29) is 41.4 Å². The van der Waals surface area contributed by atoms with Crippen molar-refractivity contribution in [2.75, 3.05) is 37.2 Å². The van der Waals surface area contributed by atoms with Crippen LogP contribution in [0.2, 0.25) is 0 Å². The number of anilines is 1. The standard InChI is InChI=1S/C30H39FN4O6S/c1-7-20-18-23-24(27(36)32-5)25(21-8-10-22(31)11-9-21)40-28(23)33-26(20)35(42(6,38)39)17-14-19-12-15-34(16-13-19)29(37)41-30(2,3)4/h8-11,18-19H,7,12-17H2,1-6H3,(H,32,36). The number of fused-ring (bicyclic) bond motifs is 1. The maximum atomic E-state index is 13.6. The van der Waals surface area contributed by atoms with E-state index in [2.05, 4.69) is 10.3 Å². The zero-order valence-electron chi connectivity index (χ0n) is 25.0. The molecule has 4 rings (SSSR count). The van der Waals surface area contributed by atoms with Crippen LogP contribution in [0.5, 0.6) is 0 Å². The van der Waals surface area contributed by atoms with Gasteiger partial charge in [0.1, 0.15) is 23.0 Å². The largest absolute Gasteiger partial charge is 0.444 e. The summed E-state index contributed by atoms with van der Waals surface area (Å²) < 4.78 is 52.5. The molecule has 0 saturated carbocycles. The van der Waals surface area contributed by atoms with Crippen molar-refractivity contribution in [3.05, 3.63) is 47.3 Å². The molecule has 12 heteroatoms. The lowest BCUT2D eigenvalue weighted by atomic mass is 9.93. The quantitative estimate of drug-likeness (QED) is 0.368. The molecule has 0 spiro atoms. The van der Waals surface area contributed by atoms with Crippen molar-refractivity contribution in [1.82, 2.24) is 15.2 Å². The van der Waals surface area contributed by atoms with Gasteiger partial charge in [0.05, 0.1) is 17.2 Å². The number of pyridine rings is 1. The van der Waals surface area contributed by atoms with Crippen LogP contribution in [0.3, 0.4) is 0 Å². The first-order valence-electron chi connectivity index (χ1n) is 14.1. The van der Waals surface area contributed by atoms with E-state index in [9.17, 15) is 22.4 Å². The third kappa shape index (κ3) is 7.03. The zero-order chi connectivity index (χ0) is 30.8. The van der Waals surface area contributed by atoms with Crippen molar-refractivity contribution < 1.29 is 31.6 Å². The van der Waals surface area contributed by atoms with Crippen LogP contribution in [0.1, 0.15) is 62.9 Å². The molecule has 1 fully saturated rings. The maximum Gasteiger partial charge on any atom is 0.410 e. The number of aryl methyl sites for hydroxylation is 1. The second kappa shape index (κ2) is 12.3. The normalized spacial score (nSPS) is 14.7. The number of nitrogens with zero attached hydrogens (tertiary/aromatic N) is 3. The molecule has 10 nitrogen and oxygen atoms in total. The summed E-state index contributed by atoms with van der Waals surface area (Å²) in [7, 11) is -2.22. The van der Waals surface area contributed by atoms with Gasteiger partial charge in [0.15, 0.2) is 0 Å². The monoisotopic (exact) mass is 602 g/mol. The third-order valence-electron chi connectivity index (χ3n) is 7.32. The van der Waals surface area contributed by atoms with Gasteiger partial charge in [-0.2, -0.15) is 4.98 Å². The molecule has 1 aliphatic rings. The van der Waals surface area contributed by atoms with Gasteiger partial charge >= 0.3 is 6.09 Å². The molecule has 42 heavy (non-hydrogen) atoms. The predicted octanol–water partition coefficient (Wildman–Crippen LogP) is 5.36. The van der Waals surface area contributed by atoms with Crippen molar-refractivity contribution in [1.29, 1.82) is 0 Å². The summed E-state index contributed by atoms with van der Waals surface area (Å²) in [4.78, 5) is 31.7. The summed E-state index contributed by atoms with van der Waals surface area (Å²) in [6, 6.07) is 7.32. The fraction of sp³-hybridized carbons (Fsp3) is 0.500. The molecule has 0 atom stereocenters. The van der Waals surface area contributed by atoms with Gasteiger partial charge < -0.3 is 19.4 Å². The molecule has 0 bridgehead atoms. The highest BCUT2D eigenvalue weighted by molar-refractivity contribution is 7.92. The number of piperidine rings is 1. The minimum absolute atomic E-state index is 0.111. The smallest absolute Gasteiger partial charge is 0.410 e. The van der Waals surface area contributed by atoms with E-state index in [1.807, 2.05) is 27.7 Å². The number of furan rings is 1. The van der Waals surface area contributed by atoms with Crippen molar-refractivity contribution in [2.24, 2.45) is 5.92 Å². The van der Waals surface area contributed by atoms with E-state index in [4.69, 9.17) is 9.15 Å². The molecule has 228 valence electrons. The molecule has 2 aromatic heterocycles. The average Bonchev–Trinajstić information content (AvgIpc) is 3.29. The van der Waals surface area contributed by atoms with Gasteiger partial charge in [0.25, 0.3) is 5.91 Å².